The monoisotopic (exact) mass is 271 g/mol. The van der Waals surface area contributed by atoms with Gasteiger partial charge in [0.25, 0.3) is 0 Å². The van der Waals surface area contributed by atoms with Gasteiger partial charge in [0.05, 0.1) is 11.9 Å². The van der Waals surface area contributed by atoms with Gasteiger partial charge in [-0.2, -0.15) is 0 Å². The molecule has 4 nitrogen and oxygen atoms in total. The average Bonchev–Trinajstić information content (AvgIpc) is 2.45. The number of hydrogen-bond acceptors (Lipinski definition) is 4. The zero-order valence-electron chi connectivity index (χ0n) is 12.3. The third kappa shape index (κ3) is 3.78. The highest BCUT2D eigenvalue weighted by Gasteiger charge is 2.05. The maximum atomic E-state index is 5.84. The van der Waals surface area contributed by atoms with E-state index in [1.54, 1.807) is 12.4 Å². The first-order chi connectivity index (χ1) is 9.70. The third-order valence-corrected chi connectivity index (χ3v) is 3.16. The molecule has 1 aromatic heterocycles. The van der Waals surface area contributed by atoms with E-state index < -0.39 is 0 Å². The smallest absolute Gasteiger partial charge is 0.238 e. The normalized spacial score (nSPS) is 10.6. The highest BCUT2D eigenvalue weighted by molar-refractivity contribution is 5.40. The second-order valence-electron chi connectivity index (χ2n) is 4.83. The van der Waals surface area contributed by atoms with Crippen molar-refractivity contribution >= 4 is 0 Å². The summed E-state index contributed by atoms with van der Waals surface area (Å²) in [7, 11) is 0. The van der Waals surface area contributed by atoms with Crippen LogP contribution in [0.3, 0.4) is 0 Å². The van der Waals surface area contributed by atoms with E-state index in [0.29, 0.717) is 12.4 Å². The Bertz CT molecular complexity index is 569. The predicted octanol–water partition coefficient (Wildman–Crippen LogP) is 3.39. The van der Waals surface area contributed by atoms with Gasteiger partial charge in [-0.15, -0.1) is 0 Å². The van der Waals surface area contributed by atoms with Gasteiger partial charge in [-0.3, -0.25) is 4.98 Å². The number of benzene rings is 1. The molecule has 2 aromatic rings. The van der Waals surface area contributed by atoms with E-state index in [1.807, 2.05) is 19.1 Å². The number of nitrogens with one attached hydrogen (secondary N) is 1. The molecule has 20 heavy (non-hydrogen) atoms. The van der Waals surface area contributed by atoms with Crippen molar-refractivity contribution in [3.63, 3.8) is 0 Å². The van der Waals surface area contributed by atoms with Crippen molar-refractivity contribution in [1.82, 2.24) is 15.3 Å². The molecule has 1 aromatic carbocycles. The Balaban J connectivity index is 2.09. The summed E-state index contributed by atoms with van der Waals surface area (Å²) < 4.78 is 5.84. The Morgan fingerprint density at radius 3 is 2.85 bits per heavy atom. The van der Waals surface area contributed by atoms with Crippen LogP contribution in [-0.2, 0) is 6.54 Å². The van der Waals surface area contributed by atoms with Crippen molar-refractivity contribution in [1.29, 1.82) is 0 Å². The standard InChI is InChI=1S/C16H21N3O/c1-4-8-17-9-14-10-18-11-16(19-14)20-15-7-5-6-12(2)13(15)3/h5-7,10-11,17H,4,8-9H2,1-3H3. The molecule has 0 aliphatic rings. The van der Waals surface area contributed by atoms with Gasteiger partial charge in [0, 0.05) is 12.7 Å². The molecule has 0 bridgehead atoms. The minimum atomic E-state index is 0.537. The molecule has 1 N–H and O–H groups in total. The number of aryl methyl sites for hydroxylation is 1. The third-order valence-electron chi connectivity index (χ3n) is 3.16. The zero-order chi connectivity index (χ0) is 14.4. The molecule has 106 valence electrons. The van der Waals surface area contributed by atoms with Crippen LogP contribution in [-0.4, -0.2) is 16.5 Å². The molecular formula is C16H21N3O. The van der Waals surface area contributed by atoms with Crippen LogP contribution in [0.25, 0.3) is 0 Å². The molecule has 0 aliphatic carbocycles. The number of rotatable bonds is 6. The fourth-order valence-corrected chi connectivity index (χ4v) is 1.86. The van der Waals surface area contributed by atoms with Crippen molar-refractivity contribution in [2.75, 3.05) is 6.54 Å². The van der Waals surface area contributed by atoms with Crippen molar-refractivity contribution in [2.45, 2.75) is 33.7 Å². The number of hydrogen-bond donors (Lipinski definition) is 1. The van der Waals surface area contributed by atoms with Crippen LogP contribution in [0.2, 0.25) is 0 Å². The Labute approximate surface area is 120 Å². The first kappa shape index (κ1) is 14.5. The van der Waals surface area contributed by atoms with E-state index >= 15 is 0 Å². The Kier molecular flexibility index (Phi) is 5.07. The highest BCUT2D eigenvalue weighted by Crippen LogP contribution is 2.25. The molecular weight excluding hydrogens is 250 g/mol. The van der Waals surface area contributed by atoms with Gasteiger partial charge in [0.15, 0.2) is 0 Å². The summed E-state index contributed by atoms with van der Waals surface area (Å²) in [5, 5.41) is 3.30. The van der Waals surface area contributed by atoms with Crippen molar-refractivity contribution in [3.05, 3.63) is 47.4 Å². The van der Waals surface area contributed by atoms with Crippen LogP contribution in [0.1, 0.15) is 30.2 Å². The number of nitrogens with zero attached hydrogens (tertiary/aromatic N) is 2. The van der Waals surface area contributed by atoms with Crippen LogP contribution in [0.15, 0.2) is 30.6 Å². The molecule has 0 saturated carbocycles. The summed E-state index contributed by atoms with van der Waals surface area (Å²) in [4.78, 5) is 8.65. The molecule has 0 fully saturated rings. The van der Waals surface area contributed by atoms with E-state index in [0.717, 1.165) is 30.0 Å². The first-order valence-corrected chi connectivity index (χ1v) is 6.96. The molecule has 1 heterocycles. The summed E-state index contributed by atoms with van der Waals surface area (Å²) in [5.74, 6) is 1.37. The molecule has 4 heteroatoms. The lowest BCUT2D eigenvalue weighted by Crippen LogP contribution is -2.15. The van der Waals surface area contributed by atoms with Crippen molar-refractivity contribution in [2.24, 2.45) is 0 Å². The van der Waals surface area contributed by atoms with E-state index in [9.17, 15) is 0 Å². The van der Waals surface area contributed by atoms with Gasteiger partial charge < -0.3 is 10.1 Å². The zero-order valence-corrected chi connectivity index (χ0v) is 12.3. The average molecular weight is 271 g/mol. The topological polar surface area (TPSA) is 47.0 Å². The lowest BCUT2D eigenvalue weighted by Gasteiger charge is -2.10. The maximum absolute atomic E-state index is 5.84. The molecule has 0 amide bonds. The van der Waals surface area contributed by atoms with Crippen LogP contribution in [0, 0.1) is 13.8 Å². The second kappa shape index (κ2) is 7.01. The largest absolute Gasteiger partial charge is 0.437 e. The lowest BCUT2D eigenvalue weighted by molar-refractivity contribution is 0.452. The Morgan fingerprint density at radius 1 is 1.20 bits per heavy atom. The van der Waals surface area contributed by atoms with Gasteiger partial charge in [0.2, 0.25) is 5.88 Å². The van der Waals surface area contributed by atoms with Crippen LogP contribution < -0.4 is 10.1 Å². The SMILES string of the molecule is CCCNCc1cncc(Oc2cccc(C)c2C)n1. The van der Waals surface area contributed by atoms with Gasteiger partial charge in [-0.1, -0.05) is 19.1 Å². The Hall–Kier alpha value is -1.94. The molecule has 0 atom stereocenters. The van der Waals surface area contributed by atoms with Crippen LogP contribution >= 0.6 is 0 Å². The summed E-state index contributed by atoms with van der Waals surface area (Å²) in [6, 6.07) is 6.00. The van der Waals surface area contributed by atoms with Gasteiger partial charge in [-0.05, 0) is 44.0 Å². The fraction of sp³-hybridized carbons (Fsp3) is 0.375. The van der Waals surface area contributed by atoms with Crippen molar-refractivity contribution < 1.29 is 4.74 Å². The van der Waals surface area contributed by atoms with E-state index in [1.165, 1.54) is 5.56 Å². The van der Waals surface area contributed by atoms with E-state index in [2.05, 4.69) is 35.2 Å². The van der Waals surface area contributed by atoms with Crippen LogP contribution in [0.5, 0.6) is 11.6 Å². The summed E-state index contributed by atoms with van der Waals surface area (Å²) in [6.07, 6.45) is 4.51. The second-order valence-corrected chi connectivity index (χ2v) is 4.83. The molecule has 0 spiro atoms. The van der Waals surface area contributed by atoms with E-state index in [4.69, 9.17) is 4.74 Å². The molecule has 0 saturated heterocycles. The number of aromatic nitrogens is 2. The summed E-state index contributed by atoms with van der Waals surface area (Å²) >= 11 is 0. The van der Waals surface area contributed by atoms with Crippen molar-refractivity contribution in [3.8, 4) is 11.6 Å². The van der Waals surface area contributed by atoms with Gasteiger partial charge >= 0.3 is 0 Å². The maximum Gasteiger partial charge on any atom is 0.238 e. The molecule has 0 aliphatic heterocycles. The molecule has 0 radical (unpaired) electrons. The van der Waals surface area contributed by atoms with E-state index in [-0.39, 0.29) is 0 Å². The minimum absolute atomic E-state index is 0.537. The van der Waals surface area contributed by atoms with Gasteiger partial charge in [0.1, 0.15) is 5.75 Å². The van der Waals surface area contributed by atoms with Crippen LogP contribution in [0.4, 0.5) is 0 Å². The Morgan fingerprint density at radius 2 is 2.05 bits per heavy atom. The molecule has 2 rings (SSSR count). The molecule has 0 unspecified atom stereocenters. The highest BCUT2D eigenvalue weighted by atomic mass is 16.5. The first-order valence-electron chi connectivity index (χ1n) is 6.96. The fourth-order valence-electron chi connectivity index (χ4n) is 1.86. The van der Waals surface area contributed by atoms with Gasteiger partial charge in [-0.25, -0.2) is 4.98 Å². The quantitative estimate of drug-likeness (QED) is 0.818. The lowest BCUT2D eigenvalue weighted by atomic mass is 10.1. The minimum Gasteiger partial charge on any atom is -0.437 e. The predicted molar refractivity (Wildman–Crippen MR) is 80.0 cm³/mol. The number of ether oxygens (including phenoxy) is 1. The summed E-state index contributed by atoms with van der Waals surface area (Å²) in [5.41, 5.74) is 3.22. The summed E-state index contributed by atoms with van der Waals surface area (Å²) in [6.45, 7) is 7.94.